The molecule has 2 aromatic rings. The average Bonchev–Trinajstić information content (AvgIpc) is 2.73. The lowest BCUT2D eigenvalue weighted by molar-refractivity contribution is 0.412. The van der Waals surface area contributed by atoms with Gasteiger partial charge in [0.1, 0.15) is 5.75 Å². The monoisotopic (exact) mass is 501 g/mol. The summed E-state index contributed by atoms with van der Waals surface area (Å²) in [5.41, 5.74) is 2.66. The molecule has 0 saturated carbocycles. The maximum absolute atomic E-state index is 13.5. The highest BCUT2D eigenvalue weighted by atomic mass is 79.9. The van der Waals surface area contributed by atoms with Gasteiger partial charge in [-0.15, -0.1) is 12.4 Å². The van der Waals surface area contributed by atoms with E-state index in [0.717, 1.165) is 60.4 Å². The third-order valence-electron chi connectivity index (χ3n) is 5.32. The van der Waals surface area contributed by atoms with Gasteiger partial charge in [0.2, 0.25) is 0 Å². The average molecular weight is 503 g/mol. The zero-order valence-corrected chi connectivity index (χ0v) is 19.4. The minimum Gasteiger partial charge on any atom is -0.495 e. The van der Waals surface area contributed by atoms with Gasteiger partial charge < -0.3 is 15.0 Å². The molecule has 1 fully saturated rings. The molecule has 0 radical (unpaired) electrons. The summed E-state index contributed by atoms with van der Waals surface area (Å²) in [6.45, 7) is 3.86. The molecule has 6 nitrogen and oxygen atoms in total. The molecular weight excluding hydrogens is 478 g/mol. The maximum atomic E-state index is 13.5. The summed E-state index contributed by atoms with van der Waals surface area (Å²) < 4.78 is 35.0. The van der Waals surface area contributed by atoms with E-state index >= 15 is 0 Å². The summed E-state index contributed by atoms with van der Waals surface area (Å²) in [5.74, 6) is 0.697. The van der Waals surface area contributed by atoms with Gasteiger partial charge in [-0.2, -0.15) is 0 Å². The van der Waals surface area contributed by atoms with Crippen molar-refractivity contribution >= 4 is 49.7 Å². The number of nitrogens with one attached hydrogen (secondary N) is 1. The van der Waals surface area contributed by atoms with Crippen LogP contribution in [0.15, 0.2) is 45.8 Å². The fourth-order valence-corrected chi connectivity index (χ4v) is 5.78. The Labute approximate surface area is 186 Å². The Bertz CT molecular complexity index is 981. The zero-order valence-electron chi connectivity index (χ0n) is 16.2. The van der Waals surface area contributed by atoms with Crippen molar-refractivity contribution < 1.29 is 13.2 Å². The first-order valence-corrected chi connectivity index (χ1v) is 11.7. The first-order valence-electron chi connectivity index (χ1n) is 9.45. The van der Waals surface area contributed by atoms with Gasteiger partial charge in [-0.1, -0.05) is 22.0 Å². The highest BCUT2D eigenvalue weighted by Crippen LogP contribution is 2.37. The van der Waals surface area contributed by atoms with E-state index in [-0.39, 0.29) is 12.4 Å². The van der Waals surface area contributed by atoms with Crippen LogP contribution in [0.1, 0.15) is 12.0 Å². The van der Waals surface area contributed by atoms with E-state index in [4.69, 9.17) is 4.74 Å². The number of nitrogens with zero attached hydrogens (tertiary/aromatic N) is 2. The summed E-state index contributed by atoms with van der Waals surface area (Å²) in [5, 5.41) is 3.32. The molecule has 1 N–H and O–H groups in total. The number of sulfonamides is 1. The molecule has 0 aromatic heterocycles. The summed E-state index contributed by atoms with van der Waals surface area (Å²) in [6.07, 6.45) is 1.71. The molecule has 0 spiro atoms. The second-order valence-electron chi connectivity index (χ2n) is 7.02. The second-order valence-corrected chi connectivity index (χ2v) is 9.80. The molecule has 4 rings (SSSR count). The van der Waals surface area contributed by atoms with E-state index in [2.05, 4.69) is 26.1 Å². The molecule has 0 bridgehead atoms. The van der Waals surface area contributed by atoms with Crippen LogP contribution in [-0.4, -0.2) is 48.3 Å². The summed E-state index contributed by atoms with van der Waals surface area (Å²) in [7, 11) is -2.05. The van der Waals surface area contributed by atoms with Crippen LogP contribution in [-0.2, 0) is 16.4 Å². The SMILES string of the molecule is COc1ccc(S(=O)(=O)N2CCCc3ccc(Br)cc32)cc1N1CCNCC1.Cl. The lowest BCUT2D eigenvalue weighted by Crippen LogP contribution is -2.43. The van der Waals surface area contributed by atoms with Gasteiger partial charge in [0.05, 0.1) is 23.4 Å². The van der Waals surface area contributed by atoms with E-state index in [0.29, 0.717) is 17.2 Å². The van der Waals surface area contributed by atoms with Crippen molar-refractivity contribution in [2.24, 2.45) is 0 Å². The Kier molecular flexibility index (Phi) is 6.98. The molecule has 2 aliphatic heterocycles. The summed E-state index contributed by atoms with van der Waals surface area (Å²) in [6, 6.07) is 11.0. The van der Waals surface area contributed by atoms with Crippen molar-refractivity contribution in [2.75, 3.05) is 49.0 Å². The Morgan fingerprint density at radius 1 is 1.03 bits per heavy atom. The molecule has 0 amide bonds. The summed E-state index contributed by atoms with van der Waals surface area (Å²) in [4.78, 5) is 2.48. The predicted molar refractivity (Wildman–Crippen MR) is 122 cm³/mol. The van der Waals surface area contributed by atoms with Crippen LogP contribution in [0.5, 0.6) is 5.75 Å². The first kappa shape index (κ1) is 22.2. The topological polar surface area (TPSA) is 61.9 Å². The quantitative estimate of drug-likeness (QED) is 0.694. The molecule has 29 heavy (non-hydrogen) atoms. The number of methoxy groups -OCH3 is 1. The number of benzene rings is 2. The number of ether oxygens (including phenoxy) is 1. The second kappa shape index (κ2) is 9.12. The fraction of sp³-hybridized carbons (Fsp3) is 0.400. The van der Waals surface area contributed by atoms with E-state index in [1.54, 1.807) is 29.6 Å². The van der Waals surface area contributed by atoms with Crippen LogP contribution in [0.4, 0.5) is 11.4 Å². The fourth-order valence-electron chi connectivity index (χ4n) is 3.87. The Morgan fingerprint density at radius 3 is 2.52 bits per heavy atom. The highest BCUT2D eigenvalue weighted by molar-refractivity contribution is 9.10. The van der Waals surface area contributed by atoms with Crippen LogP contribution in [0.3, 0.4) is 0 Å². The molecule has 0 unspecified atom stereocenters. The van der Waals surface area contributed by atoms with Crippen LogP contribution in [0.25, 0.3) is 0 Å². The van der Waals surface area contributed by atoms with Gasteiger partial charge >= 0.3 is 0 Å². The van der Waals surface area contributed by atoms with Crippen molar-refractivity contribution in [1.29, 1.82) is 0 Å². The molecule has 0 atom stereocenters. The number of hydrogen-bond donors (Lipinski definition) is 1. The van der Waals surface area contributed by atoms with Crippen LogP contribution >= 0.6 is 28.3 Å². The van der Waals surface area contributed by atoms with E-state index in [9.17, 15) is 8.42 Å². The first-order chi connectivity index (χ1) is 13.5. The van der Waals surface area contributed by atoms with Gasteiger partial charge in [0, 0.05) is 37.2 Å². The number of rotatable bonds is 4. The van der Waals surface area contributed by atoms with Crippen LogP contribution < -0.4 is 19.3 Å². The third-order valence-corrected chi connectivity index (χ3v) is 7.62. The standard InChI is InChI=1S/C20H24BrN3O3S.ClH/c1-27-20-7-6-17(14-19(20)23-11-8-22-9-12-23)28(25,26)24-10-2-3-15-4-5-16(21)13-18(15)24;/h4-7,13-14,22H,2-3,8-12H2,1H3;1H. The number of halogens is 2. The minimum atomic E-state index is -3.66. The number of piperazine rings is 1. The maximum Gasteiger partial charge on any atom is 0.264 e. The predicted octanol–water partition coefficient (Wildman–Crippen LogP) is 3.43. The third kappa shape index (κ3) is 4.35. The van der Waals surface area contributed by atoms with Gasteiger partial charge in [-0.05, 0) is 48.7 Å². The van der Waals surface area contributed by atoms with E-state index in [1.807, 2.05) is 18.2 Å². The lowest BCUT2D eigenvalue weighted by atomic mass is 10.0. The molecule has 2 aromatic carbocycles. The number of aryl methyl sites for hydroxylation is 1. The van der Waals surface area contributed by atoms with E-state index in [1.165, 1.54) is 0 Å². The van der Waals surface area contributed by atoms with Crippen LogP contribution in [0.2, 0.25) is 0 Å². The van der Waals surface area contributed by atoms with Crippen molar-refractivity contribution in [3.63, 3.8) is 0 Å². The Hall–Kier alpha value is -1.48. The molecule has 0 aliphatic carbocycles. The normalized spacial score (nSPS) is 16.8. The molecular formula is C20H25BrClN3O3S. The van der Waals surface area contributed by atoms with Crippen molar-refractivity contribution in [1.82, 2.24) is 5.32 Å². The van der Waals surface area contributed by atoms with Gasteiger partial charge in [0.25, 0.3) is 10.0 Å². The molecule has 9 heteroatoms. The number of fused-ring (bicyclic) bond motifs is 1. The summed E-state index contributed by atoms with van der Waals surface area (Å²) >= 11 is 3.47. The number of anilines is 2. The molecule has 2 heterocycles. The van der Waals surface area contributed by atoms with E-state index < -0.39 is 10.0 Å². The van der Waals surface area contributed by atoms with Crippen molar-refractivity contribution in [3.05, 3.63) is 46.4 Å². The molecule has 2 aliphatic rings. The Balaban J connectivity index is 0.00000240. The number of hydrogen-bond acceptors (Lipinski definition) is 5. The molecule has 158 valence electrons. The van der Waals surface area contributed by atoms with Crippen LogP contribution in [0, 0.1) is 0 Å². The van der Waals surface area contributed by atoms with Gasteiger partial charge in [-0.3, -0.25) is 4.31 Å². The Morgan fingerprint density at radius 2 is 1.79 bits per heavy atom. The minimum absolute atomic E-state index is 0. The van der Waals surface area contributed by atoms with Gasteiger partial charge in [0.15, 0.2) is 0 Å². The zero-order chi connectivity index (χ0) is 19.7. The highest BCUT2D eigenvalue weighted by Gasteiger charge is 2.30. The smallest absolute Gasteiger partial charge is 0.264 e. The van der Waals surface area contributed by atoms with Crippen molar-refractivity contribution in [2.45, 2.75) is 17.7 Å². The van der Waals surface area contributed by atoms with Crippen molar-refractivity contribution in [3.8, 4) is 5.75 Å². The molecule has 1 saturated heterocycles. The largest absolute Gasteiger partial charge is 0.495 e. The van der Waals surface area contributed by atoms with Gasteiger partial charge in [-0.25, -0.2) is 8.42 Å². The lowest BCUT2D eigenvalue weighted by Gasteiger charge is -2.33.